The minimum Gasteiger partial charge on any atom is -0.340 e. The van der Waals surface area contributed by atoms with Gasteiger partial charge in [-0.25, -0.2) is 0 Å². The molecule has 78 valence electrons. The molecule has 0 aliphatic heterocycles. The predicted molar refractivity (Wildman–Crippen MR) is 53.3 cm³/mol. The number of likely N-dealkylation sites (N-methyl/N-ethyl adjacent to an activating group) is 1. The van der Waals surface area contributed by atoms with Crippen molar-refractivity contribution in [3.05, 3.63) is 0 Å². The molecule has 1 fully saturated rings. The van der Waals surface area contributed by atoms with Gasteiger partial charge in [0.1, 0.15) is 0 Å². The van der Waals surface area contributed by atoms with Gasteiger partial charge in [0.25, 0.3) is 0 Å². The third-order valence-corrected chi connectivity index (χ3v) is 2.83. The molecule has 0 heterocycles. The number of hydrogen-bond acceptors (Lipinski definition) is 3. The van der Waals surface area contributed by atoms with Crippen LogP contribution < -0.4 is 5.73 Å². The van der Waals surface area contributed by atoms with Crippen LogP contribution >= 0.6 is 0 Å². The van der Waals surface area contributed by atoms with E-state index in [2.05, 4.69) is 0 Å². The van der Waals surface area contributed by atoms with Gasteiger partial charge < -0.3 is 10.6 Å². The fourth-order valence-corrected chi connectivity index (χ4v) is 1.67. The molecule has 0 spiro atoms. The van der Waals surface area contributed by atoms with Crippen molar-refractivity contribution in [1.29, 1.82) is 5.26 Å². The van der Waals surface area contributed by atoms with Crippen LogP contribution in [-0.2, 0) is 4.79 Å². The van der Waals surface area contributed by atoms with Crippen molar-refractivity contribution < 1.29 is 4.79 Å². The molecule has 0 aromatic heterocycles. The predicted octanol–water partition coefficient (Wildman–Crippen LogP) is 0.630. The normalized spacial score (nSPS) is 18.1. The largest absolute Gasteiger partial charge is 0.340 e. The Labute approximate surface area is 84.7 Å². The zero-order valence-corrected chi connectivity index (χ0v) is 8.62. The lowest BCUT2D eigenvalue weighted by atomic mass is 9.76. The summed E-state index contributed by atoms with van der Waals surface area (Å²) in [6.45, 7) is 3.06. The third-order valence-electron chi connectivity index (χ3n) is 2.83. The lowest BCUT2D eigenvalue weighted by molar-refractivity contribution is -0.139. The maximum atomic E-state index is 11.9. The van der Waals surface area contributed by atoms with E-state index in [1.54, 1.807) is 4.90 Å². The van der Waals surface area contributed by atoms with Gasteiger partial charge in [-0.15, -0.1) is 0 Å². The van der Waals surface area contributed by atoms with Gasteiger partial charge in [-0.05, 0) is 26.2 Å². The molecular weight excluding hydrogens is 178 g/mol. The molecule has 2 N–H and O–H groups in total. The van der Waals surface area contributed by atoms with E-state index in [-0.39, 0.29) is 5.91 Å². The van der Waals surface area contributed by atoms with Crippen molar-refractivity contribution in [2.24, 2.45) is 5.73 Å². The average molecular weight is 195 g/mol. The number of nitrogens with two attached hydrogens (primary N) is 1. The van der Waals surface area contributed by atoms with E-state index >= 15 is 0 Å². The third kappa shape index (κ3) is 2.05. The fourth-order valence-electron chi connectivity index (χ4n) is 1.67. The molecule has 0 unspecified atom stereocenters. The molecule has 0 aromatic rings. The van der Waals surface area contributed by atoms with Crippen LogP contribution in [-0.4, -0.2) is 29.4 Å². The zero-order valence-electron chi connectivity index (χ0n) is 8.62. The first-order chi connectivity index (χ1) is 6.64. The standard InChI is InChI=1S/C10H17N3O/c1-2-13(8-4-7-11)9(14)10(12)5-3-6-10/h2-6,8,12H2,1H3. The molecule has 0 atom stereocenters. The second-order valence-electron chi connectivity index (χ2n) is 3.80. The molecule has 4 heteroatoms. The van der Waals surface area contributed by atoms with Crippen LogP contribution in [0.5, 0.6) is 0 Å². The highest BCUT2D eigenvalue weighted by Gasteiger charge is 2.42. The summed E-state index contributed by atoms with van der Waals surface area (Å²) >= 11 is 0. The molecule has 1 amide bonds. The second kappa shape index (κ2) is 4.43. The maximum Gasteiger partial charge on any atom is 0.242 e. The number of rotatable bonds is 4. The highest BCUT2D eigenvalue weighted by atomic mass is 16.2. The smallest absolute Gasteiger partial charge is 0.242 e. The second-order valence-corrected chi connectivity index (χ2v) is 3.80. The van der Waals surface area contributed by atoms with Crippen LogP contribution in [0.15, 0.2) is 0 Å². The minimum absolute atomic E-state index is 0.0153. The van der Waals surface area contributed by atoms with Crippen LogP contribution in [0.1, 0.15) is 32.6 Å². The molecule has 0 saturated heterocycles. The summed E-state index contributed by atoms with van der Waals surface area (Å²) in [5, 5.41) is 8.45. The SMILES string of the molecule is CCN(CCC#N)C(=O)C1(N)CCC1. The van der Waals surface area contributed by atoms with Gasteiger partial charge in [0.15, 0.2) is 0 Å². The average Bonchev–Trinajstić information content (AvgIpc) is 2.15. The van der Waals surface area contributed by atoms with Gasteiger partial charge in [-0.3, -0.25) is 4.79 Å². The van der Waals surface area contributed by atoms with Gasteiger partial charge in [-0.2, -0.15) is 5.26 Å². The number of amides is 1. The number of carbonyl (C=O) groups excluding carboxylic acids is 1. The number of carbonyl (C=O) groups is 1. The monoisotopic (exact) mass is 195 g/mol. The summed E-state index contributed by atoms with van der Waals surface area (Å²) in [6.07, 6.45) is 3.00. The van der Waals surface area contributed by atoms with Crippen molar-refractivity contribution in [3.8, 4) is 6.07 Å². The first kappa shape index (κ1) is 11.0. The van der Waals surface area contributed by atoms with Crippen molar-refractivity contribution in [2.75, 3.05) is 13.1 Å². The van der Waals surface area contributed by atoms with E-state index in [0.29, 0.717) is 19.5 Å². The molecule has 1 rings (SSSR count). The first-order valence-corrected chi connectivity index (χ1v) is 5.09. The molecular formula is C10H17N3O. The quantitative estimate of drug-likeness (QED) is 0.715. The van der Waals surface area contributed by atoms with Gasteiger partial charge in [0.05, 0.1) is 18.0 Å². The molecule has 0 bridgehead atoms. The Kier molecular flexibility index (Phi) is 3.48. The van der Waals surface area contributed by atoms with Crippen LogP contribution in [0.25, 0.3) is 0 Å². The topological polar surface area (TPSA) is 70.1 Å². The Bertz CT molecular complexity index is 253. The molecule has 4 nitrogen and oxygen atoms in total. The van der Waals surface area contributed by atoms with Crippen molar-refractivity contribution in [2.45, 2.75) is 38.1 Å². The van der Waals surface area contributed by atoms with Crippen LogP contribution in [0.3, 0.4) is 0 Å². The number of nitrogens with zero attached hydrogens (tertiary/aromatic N) is 2. The molecule has 0 radical (unpaired) electrons. The maximum absolute atomic E-state index is 11.9. The highest BCUT2D eigenvalue weighted by molar-refractivity contribution is 5.87. The van der Waals surface area contributed by atoms with E-state index in [1.807, 2.05) is 13.0 Å². The fraction of sp³-hybridized carbons (Fsp3) is 0.800. The Morgan fingerprint density at radius 2 is 2.29 bits per heavy atom. The van der Waals surface area contributed by atoms with Crippen LogP contribution in [0.4, 0.5) is 0 Å². The van der Waals surface area contributed by atoms with Gasteiger partial charge in [0.2, 0.25) is 5.91 Å². The Morgan fingerprint density at radius 3 is 2.64 bits per heavy atom. The molecule has 1 saturated carbocycles. The van der Waals surface area contributed by atoms with Crippen LogP contribution in [0.2, 0.25) is 0 Å². The van der Waals surface area contributed by atoms with E-state index < -0.39 is 5.54 Å². The van der Waals surface area contributed by atoms with Crippen LogP contribution in [0, 0.1) is 11.3 Å². The summed E-state index contributed by atoms with van der Waals surface area (Å²) in [5.41, 5.74) is 5.30. The molecule has 0 aromatic carbocycles. The zero-order chi connectivity index (χ0) is 10.6. The summed E-state index contributed by atoms with van der Waals surface area (Å²) in [4.78, 5) is 13.6. The lowest BCUT2D eigenvalue weighted by Gasteiger charge is -2.40. The van der Waals surface area contributed by atoms with Crippen molar-refractivity contribution in [3.63, 3.8) is 0 Å². The van der Waals surface area contributed by atoms with Gasteiger partial charge in [-0.1, -0.05) is 0 Å². The summed E-state index contributed by atoms with van der Waals surface area (Å²) in [7, 11) is 0. The molecule has 1 aliphatic rings. The Morgan fingerprint density at radius 1 is 1.64 bits per heavy atom. The highest BCUT2D eigenvalue weighted by Crippen LogP contribution is 2.30. The van der Waals surface area contributed by atoms with E-state index in [0.717, 1.165) is 19.3 Å². The van der Waals surface area contributed by atoms with Crippen molar-refractivity contribution in [1.82, 2.24) is 4.90 Å². The Hall–Kier alpha value is -1.08. The lowest BCUT2D eigenvalue weighted by Crippen LogP contribution is -2.59. The van der Waals surface area contributed by atoms with E-state index in [4.69, 9.17) is 11.0 Å². The summed E-state index contributed by atoms with van der Waals surface area (Å²) < 4.78 is 0. The molecule has 1 aliphatic carbocycles. The van der Waals surface area contributed by atoms with Crippen molar-refractivity contribution >= 4 is 5.91 Å². The van der Waals surface area contributed by atoms with E-state index in [9.17, 15) is 4.79 Å². The summed E-state index contributed by atoms with van der Waals surface area (Å²) in [5.74, 6) is 0.0153. The summed E-state index contributed by atoms with van der Waals surface area (Å²) in [6, 6.07) is 2.04. The Balaban J connectivity index is 2.52. The number of hydrogen-bond donors (Lipinski definition) is 1. The van der Waals surface area contributed by atoms with E-state index in [1.165, 1.54) is 0 Å². The van der Waals surface area contributed by atoms with Gasteiger partial charge >= 0.3 is 0 Å². The minimum atomic E-state index is -0.620. The number of nitriles is 1. The molecule has 14 heavy (non-hydrogen) atoms. The van der Waals surface area contributed by atoms with Gasteiger partial charge in [0, 0.05) is 13.1 Å². The first-order valence-electron chi connectivity index (χ1n) is 5.09.